The number of hydrogen-bond acceptors (Lipinski definition) is 4. The van der Waals surface area contributed by atoms with E-state index in [4.69, 9.17) is 28.5 Å². The predicted octanol–water partition coefficient (Wildman–Crippen LogP) is 2.73. The fourth-order valence-electron chi connectivity index (χ4n) is 1.80. The molecule has 114 valence electrons. The van der Waals surface area contributed by atoms with E-state index in [1.165, 1.54) is 0 Å². The van der Waals surface area contributed by atoms with Crippen LogP contribution in [-0.4, -0.2) is 12.5 Å². The van der Waals surface area contributed by atoms with Crippen LogP contribution in [0.4, 0.5) is 4.39 Å². The highest BCUT2D eigenvalue weighted by atomic mass is 35.5. The van der Waals surface area contributed by atoms with Gasteiger partial charge in [-0.05, 0) is 18.6 Å². The number of hydrogen-bond donors (Lipinski definition) is 0. The van der Waals surface area contributed by atoms with Crippen LogP contribution in [0.15, 0.2) is 40.1 Å². The fourth-order valence-corrected chi connectivity index (χ4v) is 2.77. The maximum atomic E-state index is 13.4. The molecular formula is C13H8Cl2FN3O2S. The molecule has 2 aromatic rings. The van der Waals surface area contributed by atoms with Crippen LogP contribution >= 0.6 is 35.1 Å². The van der Waals surface area contributed by atoms with E-state index in [0.29, 0.717) is 9.66 Å². The van der Waals surface area contributed by atoms with Gasteiger partial charge in [0, 0.05) is 18.1 Å². The molecule has 1 heterocycles. The van der Waals surface area contributed by atoms with Crippen molar-refractivity contribution in [2.75, 3.05) is 0 Å². The number of para-hydroxylation sites is 1. The lowest BCUT2D eigenvalue weighted by molar-refractivity contribution is 0.513. The second-order valence-electron chi connectivity index (χ2n) is 4.23. The summed E-state index contributed by atoms with van der Waals surface area (Å²) < 4.78 is 12.0. The summed E-state index contributed by atoms with van der Waals surface area (Å²) in [6.45, 7) is 1.75. The van der Waals surface area contributed by atoms with Gasteiger partial charge in [-0.15, -0.1) is 0 Å². The van der Waals surface area contributed by atoms with Crippen molar-refractivity contribution in [3.05, 3.63) is 62.4 Å². The quantitative estimate of drug-likeness (QED) is 0.790. The van der Waals surface area contributed by atoms with E-state index in [-0.39, 0.29) is 17.5 Å². The first kappa shape index (κ1) is 16.6. The van der Waals surface area contributed by atoms with Crippen molar-refractivity contribution >= 4 is 35.1 Å². The molecule has 9 heteroatoms. The molecule has 0 atom stereocenters. The van der Waals surface area contributed by atoms with E-state index in [0.717, 1.165) is 16.3 Å². The Balaban J connectivity index is 2.81. The highest BCUT2D eigenvalue weighted by Crippen LogP contribution is 2.35. The van der Waals surface area contributed by atoms with Gasteiger partial charge in [0.1, 0.15) is 11.6 Å². The smallest absolute Gasteiger partial charge is 0.267 e. The molecule has 0 fully saturated rings. The normalized spacial score (nSPS) is 11.2. The van der Waals surface area contributed by atoms with Crippen LogP contribution in [0.2, 0.25) is 0 Å². The summed E-state index contributed by atoms with van der Waals surface area (Å²) in [5.41, 5.74) is -1.01. The number of nitrogens with zero attached hydrogens (tertiary/aromatic N) is 3. The van der Waals surface area contributed by atoms with E-state index in [2.05, 4.69) is 0 Å². The van der Waals surface area contributed by atoms with Gasteiger partial charge < -0.3 is 0 Å². The molecule has 0 N–H and O–H groups in total. The zero-order chi connectivity index (χ0) is 16.5. The minimum atomic E-state index is -2.89. The van der Waals surface area contributed by atoms with E-state index in [1.54, 1.807) is 37.3 Å². The molecule has 0 saturated carbocycles. The zero-order valence-corrected chi connectivity index (χ0v) is 13.4. The molecule has 0 radical (unpaired) electrons. The summed E-state index contributed by atoms with van der Waals surface area (Å²) in [5.74, 6) is 0. The van der Waals surface area contributed by atoms with Gasteiger partial charge in [0.15, 0.2) is 0 Å². The minimum Gasteiger partial charge on any atom is -0.267 e. The monoisotopic (exact) mass is 359 g/mol. The standard InChI is InChI=1S/C13H8Cl2FN3O2S/c1-8-4-2-3-5-10(8)18-7-9(6-17)11(20)19(12(18)21)22-13(14,15)16/h2-5,7H,1H3. The molecule has 1 aromatic heterocycles. The molecule has 0 aliphatic rings. The Bertz CT molecular complexity index is 881. The van der Waals surface area contributed by atoms with E-state index >= 15 is 0 Å². The lowest BCUT2D eigenvalue weighted by Gasteiger charge is -2.14. The third-order valence-corrected chi connectivity index (χ3v) is 3.87. The van der Waals surface area contributed by atoms with Crippen molar-refractivity contribution < 1.29 is 4.39 Å². The van der Waals surface area contributed by atoms with Gasteiger partial charge in [0.25, 0.3) is 5.56 Å². The fraction of sp³-hybridized carbons (Fsp3) is 0.154. The van der Waals surface area contributed by atoms with Crippen molar-refractivity contribution in [3.8, 4) is 11.8 Å². The lowest BCUT2D eigenvalue weighted by Crippen LogP contribution is -2.38. The Morgan fingerprint density at radius 2 is 1.95 bits per heavy atom. The highest BCUT2D eigenvalue weighted by Gasteiger charge is 2.28. The first-order valence-electron chi connectivity index (χ1n) is 5.85. The molecule has 2 rings (SSSR count). The number of aryl methyl sites for hydroxylation is 1. The summed E-state index contributed by atoms with van der Waals surface area (Å²) in [5, 5.41) is 9.03. The Morgan fingerprint density at radius 1 is 1.32 bits per heavy atom. The molecule has 5 nitrogen and oxygen atoms in total. The number of halogens is 3. The summed E-state index contributed by atoms with van der Waals surface area (Å²) in [6.07, 6.45) is 1.10. The summed E-state index contributed by atoms with van der Waals surface area (Å²) in [6, 6.07) is 8.49. The second kappa shape index (κ2) is 6.16. The van der Waals surface area contributed by atoms with Gasteiger partial charge in [-0.3, -0.25) is 9.36 Å². The maximum Gasteiger partial charge on any atom is 0.346 e. The largest absolute Gasteiger partial charge is 0.346 e. The summed E-state index contributed by atoms with van der Waals surface area (Å²) in [4.78, 5) is 24.4. The van der Waals surface area contributed by atoms with Crippen molar-refractivity contribution in [1.82, 2.24) is 8.54 Å². The van der Waals surface area contributed by atoms with Crippen LogP contribution in [0.25, 0.3) is 5.69 Å². The molecule has 0 aliphatic heterocycles. The van der Waals surface area contributed by atoms with Crippen LogP contribution in [0.3, 0.4) is 0 Å². The van der Waals surface area contributed by atoms with Crippen molar-refractivity contribution in [1.29, 1.82) is 5.26 Å². The van der Waals surface area contributed by atoms with E-state index < -0.39 is 15.2 Å². The Morgan fingerprint density at radius 3 is 2.50 bits per heavy atom. The van der Waals surface area contributed by atoms with Crippen molar-refractivity contribution in [3.63, 3.8) is 0 Å². The summed E-state index contributed by atoms with van der Waals surface area (Å²) >= 11 is 10.4. The molecule has 0 saturated heterocycles. The highest BCUT2D eigenvalue weighted by molar-refractivity contribution is 8.01. The van der Waals surface area contributed by atoms with E-state index in [1.807, 2.05) is 0 Å². The molecule has 1 aromatic carbocycles. The number of alkyl halides is 3. The average molecular weight is 360 g/mol. The second-order valence-corrected chi connectivity index (χ2v) is 7.02. The van der Waals surface area contributed by atoms with Crippen LogP contribution in [0.5, 0.6) is 0 Å². The molecule has 0 bridgehead atoms. The predicted molar refractivity (Wildman–Crippen MR) is 84.3 cm³/mol. The van der Waals surface area contributed by atoms with Gasteiger partial charge in [-0.1, -0.05) is 41.4 Å². The van der Waals surface area contributed by atoms with E-state index in [9.17, 15) is 14.0 Å². The minimum absolute atomic E-state index is 0.0179. The van der Waals surface area contributed by atoms with Gasteiger partial charge in [-0.25, -0.2) is 4.79 Å². The molecule has 0 spiro atoms. The molecule has 22 heavy (non-hydrogen) atoms. The Labute approximate surface area is 138 Å². The first-order chi connectivity index (χ1) is 10.2. The molecular weight excluding hydrogens is 352 g/mol. The van der Waals surface area contributed by atoms with Gasteiger partial charge in [0.2, 0.25) is 0 Å². The average Bonchev–Trinajstić information content (AvgIpc) is 2.44. The Kier molecular flexibility index (Phi) is 4.66. The van der Waals surface area contributed by atoms with Crippen LogP contribution in [-0.2, 0) is 0 Å². The van der Waals surface area contributed by atoms with Gasteiger partial charge >= 0.3 is 9.61 Å². The topological polar surface area (TPSA) is 67.8 Å². The number of benzene rings is 1. The van der Waals surface area contributed by atoms with Crippen LogP contribution in [0.1, 0.15) is 11.1 Å². The van der Waals surface area contributed by atoms with Gasteiger partial charge in [0.05, 0.1) is 5.69 Å². The first-order valence-corrected chi connectivity index (χ1v) is 7.38. The lowest BCUT2D eigenvalue weighted by atomic mass is 10.2. The number of rotatable bonds is 3. The molecule has 0 unspecified atom stereocenters. The third-order valence-electron chi connectivity index (χ3n) is 2.74. The number of nitriles is 1. The number of aromatic nitrogens is 2. The SMILES string of the molecule is Cc1ccccc1-n1cc(C#N)c(=O)n(SC(F)(Cl)Cl)c1=O. The van der Waals surface area contributed by atoms with Crippen molar-refractivity contribution in [2.24, 2.45) is 0 Å². The summed E-state index contributed by atoms with van der Waals surface area (Å²) in [7, 11) is 0. The third kappa shape index (κ3) is 3.35. The molecule has 0 amide bonds. The van der Waals surface area contributed by atoms with Gasteiger partial charge in [-0.2, -0.15) is 13.6 Å². The van der Waals surface area contributed by atoms with Crippen LogP contribution < -0.4 is 11.2 Å². The maximum absolute atomic E-state index is 13.4. The van der Waals surface area contributed by atoms with Crippen LogP contribution in [0, 0.1) is 18.3 Å². The molecule has 0 aliphatic carbocycles. The Hall–Kier alpha value is -1.75. The zero-order valence-electron chi connectivity index (χ0n) is 11.1. The van der Waals surface area contributed by atoms with Crippen molar-refractivity contribution in [2.45, 2.75) is 10.8 Å².